The normalized spacial score (nSPS) is 19.2. The molecular weight excluding hydrogens is 240 g/mol. The van der Waals surface area contributed by atoms with Crippen LogP contribution in [0.15, 0.2) is 0 Å². The van der Waals surface area contributed by atoms with Gasteiger partial charge in [0, 0.05) is 31.6 Å². The maximum Gasteiger partial charge on any atom is 0.318 e. The number of fused-ring (bicyclic) bond motifs is 1. The molecule has 0 spiro atoms. The maximum absolute atomic E-state index is 5.21. The van der Waals surface area contributed by atoms with Crippen molar-refractivity contribution in [2.45, 2.75) is 38.6 Å². The van der Waals surface area contributed by atoms with Gasteiger partial charge in [-0.15, -0.1) is 0 Å². The number of hydrogen-bond donors (Lipinski definition) is 2. The molecule has 0 amide bonds. The average Bonchev–Trinajstić information content (AvgIpc) is 2.97. The lowest BCUT2D eigenvalue weighted by atomic mass is 10.1. The molecule has 1 aliphatic carbocycles. The van der Waals surface area contributed by atoms with Gasteiger partial charge in [0.1, 0.15) is 5.82 Å². The molecule has 5 heteroatoms. The number of nitrogens with zero attached hydrogens (tertiary/aromatic N) is 2. The van der Waals surface area contributed by atoms with E-state index in [2.05, 4.69) is 20.6 Å². The van der Waals surface area contributed by atoms with Crippen LogP contribution in [0.4, 0.5) is 5.82 Å². The molecule has 2 heterocycles. The molecule has 0 unspecified atom stereocenters. The summed E-state index contributed by atoms with van der Waals surface area (Å²) in [5.74, 6) is 1.76. The molecule has 1 aromatic heterocycles. The third-order valence-electron chi connectivity index (χ3n) is 4.13. The summed E-state index contributed by atoms with van der Waals surface area (Å²) in [6.07, 6.45) is 6.38. The Hall–Kier alpha value is -1.36. The third kappa shape index (κ3) is 2.81. The number of anilines is 1. The summed E-state index contributed by atoms with van der Waals surface area (Å²) < 4.78 is 5.21. The van der Waals surface area contributed by atoms with Crippen LogP contribution >= 0.6 is 0 Å². The lowest BCUT2D eigenvalue weighted by molar-refractivity contribution is 0.376. The van der Waals surface area contributed by atoms with Gasteiger partial charge in [-0.25, -0.2) is 0 Å². The van der Waals surface area contributed by atoms with E-state index in [1.54, 1.807) is 7.11 Å². The standard InChI is InChI=1S/C14H22N4O/c1-19-14-17-12-6-7-15-9-11(12)13(18-14)16-8-10-4-2-3-5-10/h10,15H,2-9H2,1H3,(H,16,17,18). The topological polar surface area (TPSA) is 59.1 Å². The van der Waals surface area contributed by atoms with Crippen LogP contribution in [0.5, 0.6) is 6.01 Å². The van der Waals surface area contributed by atoms with E-state index in [1.807, 2.05) is 0 Å². The van der Waals surface area contributed by atoms with Crippen molar-refractivity contribution in [2.24, 2.45) is 5.92 Å². The highest BCUT2D eigenvalue weighted by molar-refractivity contribution is 5.48. The van der Waals surface area contributed by atoms with Gasteiger partial charge in [0.2, 0.25) is 0 Å². The number of nitrogens with one attached hydrogen (secondary N) is 2. The SMILES string of the molecule is COc1nc2c(c(NCC3CCCC3)n1)CNCC2. The Morgan fingerprint density at radius 1 is 1.32 bits per heavy atom. The van der Waals surface area contributed by atoms with Gasteiger partial charge in [0.25, 0.3) is 0 Å². The van der Waals surface area contributed by atoms with E-state index in [-0.39, 0.29) is 0 Å². The van der Waals surface area contributed by atoms with Crippen molar-refractivity contribution in [3.8, 4) is 6.01 Å². The van der Waals surface area contributed by atoms with E-state index in [0.29, 0.717) is 6.01 Å². The Morgan fingerprint density at radius 3 is 2.95 bits per heavy atom. The molecule has 19 heavy (non-hydrogen) atoms. The second-order valence-corrected chi connectivity index (χ2v) is 5.44. The zero-order valence-electron chi connectivity index (χ0n) is 11.5. The minimum Gasteiger partial charge on any atom is -0.467 e. The van der Waals surface area contributed by atoms with Gasteiger partial charge in [0.05, 0.1) is 12.8 Å². The van der Waals surface area contributed by atoms with Gasteiger partial charge in [0.15, 0.2) is 0 Å². The number of methoxy groups -OCH3 is 1. The van der Waals surface area contributed by atoms with E-state index in [0.717, 1.165) is 43.5 Å². The molecule has 1 saturated carbocycles. The summed E-state index contributed by atoms with van der Waals surface area (Å²) in [7, 11) is 1.63. The predicted molar refractivity (Wildman–Crippen MR) is 74.4 cm³/mol. The Labute approximate surface area is 114 Å². The lowest BCUT2D eigenvalue weighted by Crippen LogP contribution is -2.27. The molecule has 3 rings (SSSR count). The van der Waals surface area contributed by atoms with Crippen LogP contribution in [0, 0.1) is 5.92 Å². The van der Waals surface area contributed by atoms with Gasteiger partial charge in [-0.1, -0.05) is 12.8 Å². The molecule has 2 N–H and O–H groups in total. The number of rotatable bonds is 4. The van der Waals surface area contributed by atoms with E-state index < -0.39 is 0 Å². The molecule has 0 atom stereocenters. The Balaban J connectivity index is 1.77. The average molecular weight is 262 g/mol. The molecule has 1 fully saturated rings. The third-order valence-corrected chi connectivity index (χ3v) is 4.13. The van der Waals surface area contributed by atoms with E-state index in [4.69, 9.17) is 4.74 Å². The highest BCUT2D eigenvalue weighted by atomic mass is 16.5. The van der Waals surface area contributed by atoms with Gasteiger partial charge in [-0.05, 0) is 18.8 Å². The zero-order chi connectivity index (χ0) is 13.1. The first-order chi connectivity index (χ1) is 9.36. The molecule has 2 aliphatic rings. The van der Waals surface area contributed by atoms with Crippen molar-refractivity contribution < 1.29 is 4.74 Å². The van der Waals surface area contributed by atoms with Crippen molar-refractivity contribution in [1.29, 1.82) is 0 Å². The highest BCUT2D eigenvalue weighted by Gasteiger charge is 2.20. The Morgan fingerprint density at radius 2 is 2.16 bits per heavy atom. The lowest BCUT2D eigenvalue weighted by Gasteiger charge is -2.21. The fourth-order valence-electron chi connectivity index (χ4n) is 3.01. The summed E-state index contributed by atoms with van der Waals surface area (Å²) >= 11 is 0. The molecule has 104 valence electrons. The predicted octanol–water partition coefficient (Wildman–Crippen LogP) is 1.73. The van der Waals surface area contributed by atoms with Gasteiger partial charge >= 0.3 is 6.01 Å². The molecule has 1 aliphatic heterocycles. The van der Waals surface area contributed by atoms with Crippen LogP contribution in [0.1, 0.15) is 36.9 Å². The van der Waals surface area contributed by atoms with E-state index in [9.17, 15) is 0 Å². The number of aromatic nitrogens is 2. The number of hydrogen-bond acceptors (Lipinski definition) is 5. The van der Waals surface area contributed by atoms with Crippen molar-refractivity contribution >= 4 is 5.82 Å². The van der Waals surface area contributed by atoms with Crippen LogP contribution in [-0.2, 0) is 13.0 Å². The minimum atomic E-state index is 0.481. The number of ether oxygens (including phenoxy) is 1. The smallest absolute Gasteiger partial charge is 0.318 e. The van der Waals surface area contributed by atoms with Crippen molar-refractivity contribution in [1.82, 2.24) is 15.3 Å². The Kier molecular flexibility index (Phi) is 3.82. The molecule has 0 radical (unpaired) electrons. The zero-order valence-corrected chi connectivity index (χ0v) is 11.5. The fraction of sp³-hybridized carbons (Fsp3) is 0.714. The van der Waals surface area contributed by atoms with Crippen molar-refractivity contribution in [2.75, 3.05) is 25.5 Å². The second-order valence-electron chi connectivity index (χ2n) is 5.44. The molecule has 0 bridgehead atoms. The van der Waals surface area contributed by atoms with E-state index in [1.165, 1.54) is 31.2 Å². The molecular formula is C14H22N4O. The molecule has 0 aromatic carbocycles. The first kappa shape index (κ1) is 12.7. The van der Waals surface area contributed by atoms with Crippen LogP contribution in [0.25, 0.3) is 0 Å². The summed E-state index contributed by atoms with van der Waals surface area (Å²) in [5.41, 5.74) is 2.34. The quantitative estimate of drug-likeness (QED) is 0.865. The Bertz CT molecular complexity index is 443. The van der Waals surface area contributed by atoms with Gasteiger partial charge in [-0.3, -0.25) is 0 Å². The summed E-state index contributed by atoms with van der Waals surface area (Å²) in [4.78, 5) is 8.94. The van der Waals surface area contributed by atoms with E-state index >= 15 is 0 Å². The second kappa shape index (κ2) is 5.74. The van der Waals surface area contributed by atoms with Crippen molar-refractivity contribution in [3.63, 3.8) is 0 Å². The summed E-state index contributed by atoms with van der Waals surface area (Å²) in [6, 6.07) is 0.481. The monoisotopic (exact) mass is 262 g/mol. The largest absolute Gasteiger partial charge is 0.467 e. The first-order valence-electron chi connectivity index (χ1n) is 7.25. The van der Waals surface area contributed by atoms with Crippen LogP contribution < -0.4 is 15.4 Å². The van der Waals surface area contributed by atoms with Gasteiger partial charge < -0.3 is 15.4 Å². The highest BCUT2D eigenvalue weighted by Crippen LogP contribution is 2.27. The minimum absolute atomic E-state index is 0.481. The van der Waals surface area contributed by atoms with Crippen molar-refractivity contribution in [3.05, 3.63) is 11.3 Å². The molecule has 0 saturated heterocycles. The summed E-state index contributed by atoms with van der Waals surface area (Å²) in [5, 5.41) is 6.90. The van der Waals surface area contributed by atoms with Crippen LogP contribution in [0.2, 0.25) is 0 Å². The molecule has 5 nitrogen and oxygen atoms in total. The fourth-order valence-corrected chi connectivity index (χ4v) is 3.01. The molecule has 1 aromatic rings. The van der Waals surface area contributed by atoms with Gasteiger partial charge in [-0.2, -0.15) is 9.97 Å². The van der Waals surface area contributed by atoms with Crippen LogP contribution in [0.3, 0.4) is 0 Å². The maximum atomic E-state index is 5.21. The van der Waals surface area contributed by atoms with Crippen LogP contribution in [-0.4, -0.2) is 30.2 Å². The summed E-state index contributed by atoms with van der Waals surface area (Å²) in [6.45, 7) is 2.86. The first-order valence-corrected chi connectivity index (χ1v) is 7.25.